The Morgan fingerprint density at radius 3 is 2.27 bits per heavy atom. The second-order valence-electron chi connectivity index (χ2n) is 5.58. The van der Waals surface area contributed by atoms with Gasteiger partial charge in [-0.05, 0) is 50.5 Å². The van der Waals surface area contributed by atoms with Crippen molar-refractivity contribution in [3.8, 4) is 0 Å². The summed E-state index contributed by atoms with van der Waals surface area (Å²) in [5, 5.41) is 2.87. The Bertz CT molecular complexity index is 697. The zero-order valence-corrected chi connectivity index (χ0v) is 13.5. The topological polar surface area (TPSA) is 62.0 Å². The molecule has 1 aromatic heterocycles. The number of ketones is 1. The summed E-state index contributed by atoms with van der Waals surface area (Å²) in [6.07, 6.45) is 2.13. The van der Waals surface area contributed by atoms with Crippen LogP contribution in [-0.2, 0) is 6.42 Å². The fourth-order valence-electron chi connectivity index (χ4n) is 2.74. The second kappa shape index (κ2) is 6.60. The number of Topliss-reactive ketones (excluding diaryl/α,β-unsaturated/α-hetero) is 1. The monoisotopic (exact) mass is 298 g/mol. The normalized spacial score (nSPS) is 10.5. The van der Waals surface area contributed by atoms with Gasteiger partial charge in [0.2, 0.25) is 0 Å². The fraction of sp³-hybridized carbons (Fsp3) is 0.333. The van der Waals surface area contributed by atoms with Crippen LogP contribution in [0.15, 0.2) is 24.3 Å². The van der Waals surface area contributed by atoms with Gasteiger partial charge in [0.05, 0.1) is 0 Å². The van der Waals surface area contributed by atoms with Crippen LogP contribution in [-0.4, -0.2) is 16.7 Å². The molecule has 0 unspecified atom stereocenters. The Kier molecular flexibility index (Phi) is 4.81. The van der Waals surface area contributed by atoms with Crippen LogP contribution in [0.25, 0.3) is 0 Å². The lowest BCUT2D eigenvalue weighted by atomic mass is 10.1. The summed E-state index contributed by atoms with van der Waals surface area (Å²) in [5.41, 5.74) is 4.48. The Labute approximate surface area is 130 Å². The molecule has 0 saturated carbocycles. The fourth-order valence-corrected chi connectivity index (χ4v) is 2.74. The molecule has 2 N–H and O–H groups in total. The molecule has 0 aliphatic heterocycles. The molecule has 0 saturated heterocycles. The van der Waals surface area contributed by atoms with Gasteiger partial charge in [-0.3, -0.25) is 9.59 Å². The van der Waals surface area contributed by atoms with E-state index in [4.69, 9.17) is 0 Å². The molecule has 4 nitrogen and oxygen atoms in total. The van der Waals surface area contributed by atoms with Gasteiger partial charge in [0.1, 0.15) is 5.69 Å². The summed E-state index contributed by atoms with van der Waals surface area (Å²) in [4.78, 5) is 27.0. The van der Waals surface area contributed by atoms with E-state index in [1.807, 2.05) is 24.3 Å². The molecule has 0 radical (unpaired) electrons. The van der Waals surface area contributed by atoms with Gasteiger partial charge in [-0.2, -0.15) is 0 Å². The summed E-state index contributed by atoms with van der Waals surface area (Å²) in [6.45, 7) is 7.25. The van der Waals surface area contributed by atoms with E-state index in [1.165, 1.54) is 12.5 Å². The van der Waals surface area contributed by atoms with Crippen LogP contribution in [0.1, 0.15) is 57.9 Å². The van der Waals surface area contributed by atoms with Crippen molar-refractivity contribution in [3.05, 3.63) is 52.3 Å². The van der Waals surface area contributed by atoms with Crippen molar-refractivity contribution in [2.45, 2.75) is 40.5 Å². The lowest BCUT2D eigenvalue weighted by molar-refractivity contribution is 0.101. The van der Waals surface area contributed by atoms with Gasteiger partial charge in [-0.15, -0.1) is 0 Å². The Morgan fingerprint density at radius 1 is 1.14 bits per heavy atom. The number of benzene rings is 1. The van der Waals surface area contributed by atoms with E-state index in [2.05, 4.69) is 17.2 Å². The number of carbonyl (C=O) groups is 2. The van der Waals surface area contributed by atoms with Crippen LogP contribution in [0.3, 0.4) is 0 Å². The van der Waals surface area contributed by atoms with Gasteiger partial charge in [-0.1, -0.05) is 25.5 Å². The number of hydrogen-bond donors (Lipinski definition) is 2. The zero-order chi connectivity index (χ0) is 16.3. The molecule has 0 bridgehead atoms. The van der Waals surface area contributed by atoms with Gasteiger partial charge in [0, 0.05) is 16.9 Å². The van der Waals surface area contributed by atoms with Crippen molar-refractivity contribution < 1.29 is 9.59 Å². The molecular formula is C18H22N2O2. The Balaban J connectivity index is 2.19. The number of nitrogens with one attached hydrogen (secondary N) is 2. The maximum atomic E-state index is 12.4. The lowest BCUT2D eigenvalue weighted by Crippen LogP contribution is -2.13. The first kappa shape index (κ1) is 16.0. The molecule has 2 aromatic rings. The average Bonchev–Trinajstić information content (AvgIpc) is 2.76. The summed E-state index contributed by atoms with van der Waals surface area (Å²) in [7, 11) is 0. The largest absolute Gasteiger partial charge is 0.354 e. The van der Waals surface area contributed by atoms with Crippen LogP contribution in [0, 0.1) is 13.8 Å². The molecule has 0 aliphatic carbocycles. The van der Waals surface area contributed by atoms with Crippen LogP contribution in [0.2, 0.25) is 0 Å². The van der Waals surface area contributed by atoms with Crippen LogP contribution < -0.4 is 5.32 Å². The lowest BCUT2D eigenvalue weighted by Gasteiger charge is -2.06. The number of amides is 1. The number of aromatic nitrogens is 1. The van der Waals surface area contributed by atoms with E-state index < -0.39 is 0 Å². The zero-order valence-electron chi connectivity index (χ0n) is 13.5. The molecular weight excluding hydrogens is 276 g/mol. The molecule has 4 heteroatoms. The Morgan fingerprint density at radius 2 is 1.77 bits per heavy atom. The summed E-state index contributed by atoms with van der Waals surface area (Å²) >= 11 is 0. The number of anilines is 1. The summed E-state index contributed by atoms with van der Waals surface area (Å²) < 4.78 is 0. The van der Waals surface area contributed by atoms with E-state index in [0.29, 0.717) is 16.8 Å². The third-order valence-electron chi connectivity index (χ3n) is 3.77. The van der Waals surface area contributed by atoms with Crippen LogP contribution in [0.4, 0.5) is 5.69 Å². The van der Waals surface area contributed by atoms with E-state index in [1.54, 1.807) is 13.8 Å². The molecule has 1 heterocycles. The molecule has 2 rings (SSSR count). The molecule has 0 atom stereocenters. The SMILES string of the molecule is CCCc1ccc(NC(=O)c2[nH]c(C)c(C(C)=O)c2C)cc1. The third-order valence-corrected chi connectivity index (χ3v) is 3.77. The second-order valence-corrected chi connectivity index (χ2v) is 5.58. The van der Waals surface area contributed by atoms with E-state index in [0.717, 1.165) is 24.2 Å². The number of aryl methyl sites for hydroxylation is 2. The van der Waals surface area contributed by atoms with Gasteiger partial charge in [0.15, 0.2) is 5.78 Å². The average molecular weight is 298 g/mol. The molecule has 1 amide bonds. The van der Waals surface area contributed by atoms with E-state index >= 15 is 0 Å². The minimum absolute atomic E-state index is 0.0331. The highest BCUT2D eigenvalue weighted by Gasteiger charge is 2.19. The first-order chi connectivity index (χ1) is 10.4. The standard InChI is InChI=1S/C18H22N2O2/c1-5-6-14-7-9-15(10-8-14)20-18(22)17-11(2)16(13(4)21)12(3)19-17/h7-10,19H,5-6H2,1-4H3,(H,20,22). The summed E-state index contributed by atoms with van der Waals surface area (Å²) in [6, 6.07) is 7.85. The van der Waals surface area contributed by atoms with Crippen molar-refractivity contribution in [2.75, 3.05) is 5.32 Å². The van der Waals surface area contributed by atoms with Crippen molar-refractivity contribution in [1.82, 2.24) is 4.98 Å². The minimum atomic E-state index is -0.226. The van der Waals surface area contributed by atoms with Crippen LogP contribution >= 0.6 is 0 Å². The predicted molar refractivity (Wildman–Crippen MR) is 88.7 cm³/mol. The number of aromatic amines is 1. The first-order valence-electron chi connectivity index (χ1n) is 7.54. The summed E-state index contributed by atoms with van der Waals surface area (Å²) in [5.74, 6) is -0.259. The molecule has 22 heavy (non-hydrogen) atoms. The number of rotatable bonds is 5. The maximum Gasteiger partial charge on any atom is 0.272 e. The minimum Gasteiger partial charge on any atom is -0.354 e. The predicted octanol–water partition coefficient (Wildman–Crippen LogP) is 4.04. The number of hydrogen-bond acceptors (Lipinski definition) is 2. The highest BCUT2D eigenvalue weighted by molar-refractivity contribution is 6.07. The molecule has 0 spiro atoms. The van der Waals surface area contributed by atoms with Crippen molar-refractivity contribution in [2.24, 2.45) is 0 Å². The molecule has 0 fully saturated rings. The highest BCUT2D eigenvalue weighted by atomic mass is 16.2. The van der Waals surface area contributed by atoms with E-state index in [-0.39, 0.29) is 11.7 Å². The van der Waals surface area contributed by atoms with Crippen molar-refractivity contribution in [1.29, 1.82) is 0 Å². The highest BCUT2D eigenvalue weighted by Crippen LogP contribution is 2.20. The molecule has 0 aliphatic rings. The van der Waals surface area contributed by atoms with Gasteiger partial charge in [0.25, 0.3) is 5.91 Å². The molecule has 116 valence electrons. The Hall–Kier alpha value is -2.36. The number of H-pyrrole nitrogens is 1. The number of carbonyl (C=O) groups excluding carboxylic acids is 2. The van der Waals surface area contributed by atoms with E-state index in [9.17, 15) is 9.59 Å². The van der Waals surface area contributed by atoms with Crippen molar-refractivity contribution >= 4 is 17.4 Å². The van der Waals surface area contributed by atoms with Crippen LogP contribution in [0.5, 0.6) is 0 Å². The van der Waals surface area contributed by atoms with Gasteiger partial charge in [-0.25, -0.2) is 0 Å². The molecule has 1 aromatic carbocycles. The third kappa shape index (κ3) is 3.27. The smallest absolute Gasteiger partial charge is 0.272 e. The maximum absolute atomic E-state index is 12.4. The quantitative estimate of drug-likeness (QED) is 0.818. The van der Waals surface area contributed by atoms with Gasteiger partial charge < -0.3 is 10.3 Å². The van der Waals surface area contributed by atoms with Crippen molar-refractivity contribution in [3.63, 3.8) is 0 Å². The van der Waals surface area contributed by atoms with Gasteiger partial charge >= 0.3 is 0 Å². The first-order valence-corrected chi connectivity index (χ1v) is 7.54.